The van der Waals surface area contributed by atoms with Gasteiger partial charge in [0.05, 0.1) is 13.7 Å². The zero-order valence-corrected chi connectivity index (χ0v) is 10.9. The van der Waals surface area contributed by atoms with Crippen LogP contribution in [0.5, 0.6) is 0 Å². The third-order valence-electron chi connectivity index (χ3n) is 1.98. The third kappa shape index (κ3) is 3.39. The van der Waals surface area contributed by atoms with Crippen molar-refractivity contribution in [3.8, 4) is 0 Å². The molecule has 100 valence electrons. The van der Waals surface area contributed by atoms with Crippen LogP contribution >= 0.6 is 11.6 Å². The average Bonchev–Trinajstić information content (AvgIpc) is 2.35. The van der Waals surface area contributed by atoms with Gasteiger partial charge in [0.1, 0.15) is 16.1 Å². The molecule has 0 aliphatic rings. The van der Waals surface area contributed by atoms with E-state index in [1.165, 1.54) is 18.3 Å². The Bertz CT molecular complexity index is 534. The molecule has 1 unspecified atom stereocenters. The molecule has 0 saturated heterocycles. The molecule has 1 heterocycles. The SMILES string of the molecule is COC(=O)C(CO)NS(=O)(=O)c1cccnc1Cl. The number of hydrogen-bond donors (Lipinski definition) is 2. The standard InChI is InChI=1S/C9H11ClN2O5S/c1-17-9(14)6(5-13)12-18(15,16)7-3-2-4-11-8(7)10/h2-4,6,12-13H,5H2,1H3. The number of nitrogens with one attached hydrogen (secondary N) is 1. The molecule has 0 fully saturated rings. The molecule has 0 radical (unpaired) electrons. The molecule has 0 aliphatic carbocycles. The minimum absolute atomic E-state index is 0.230. The van der Waals surface area contributed by atoms with Crippen molar-refractivity contribution in [3.63, 3.8) is 0 Å². The summed E-state index contributed by atoms with van der Waals surface area (Å²) in [5.41, 5.74) is 0. The fourth-order valence-electron chi connectivity index (χ4n) is 1.12. The molecule has 1 rings (SSSR count). The number of hydrogen-bond acceptors (Lipinski definition) is 6. The highest BCUT2D eigenvalue weighted by atomic mass is 35.5. The maximum atomic E-state index is 11.9. The summed E-state index contributed by atoms with van der Waals surface area (Å²) in [4.78, 5) is 14.5. The second-order valence-corrected chi connectivity index (χ2v) is 5.21. The molecule has 1 atom stereocenters. The summed E-state index contributed by atoms with van der Waals surface area (Å²) in [6.07, 6.45) is 1.32. The lowest BCUT2D eigenvalue weighted by Crippen LogP contribution is -2.44. The van der Waals surface area contributed by atoms with Gasteiger partial charge in [-0.25, -0.2) is 13.4 Å². The molecule has 7 nitrogen and oxygen atoms in total. The lowest BCUT2D eigenvalue weighted by molar-refractivity contribution is -0.143. The van der Waals surface area contributed by atoms with E-state index in [2.05, 4.69) is 9.72 Å². The van der Waals surface area contributed by atoms with Gasteiger partial charge in [0.2, 0.25) is 10.0 Å². The van der Waals surface area contributed by atoms with Gasteiger partial charge in [-0.15, -0.1) is 0 Å². The summed E-state index contributed by atoms with van der Waals surface area (Å²) in [5, 5.41) is 8.70. The van der Waals surface area contributed by atoms with Crippen LogP contribution in [0.2, 0.25) is 5.15 Å². The number of aromatic nitrogens is 1. The normalized spacial score (nSPS) is 13.1. The lowest BCUT2D eigenvalue weighted by Gasteiger charge is -2.14. The number of rotatable bonds is 5. The summed E-state index contributed by atoms with van der Waals surface area (Å²) < 4.78 is 30.1. The van der Waals surface area contributed by atoms with Gasteiger partial charge in [-0.2, -0.15) is 4.72 Å². The molecule has 1 aromatic rings. The van der Waals surface area contributed by atoms with Crippen LogP contribution in [-0.4, -0.2) is 44.2 Å². The minimum atomic E-state index is -4.06. The molecule has 0 bridgehead atoms. The first-order chi connectivity index (χ1) is 8.42. The van der Waals surface area contributed by atoms with E-state index in [0.29, 0.717) is 0 Å². The molecule has 2 N–H and O–H groups in total. The number of aliphatic hydroxyl groups excluding tert-OH is 1. The minimum Gasteiger partial charge on any atom is -0.468 e. The Morgan fingerprint density at radius 2 is 2.33 bits per heavy atom. The number of esters is 1. The highest BCUT2D eigenvalue weighted by Gasteiger charge is 2.27. The van der Waals surface area contributed by atoms with Crippen LogP contribution < -0.4 is 4.72 Å². The molecule has 0 spiro atoms. The summed E-state index contributed by atoms with van der Waals surface area (Å²) in [6, 6.07) is 1.21. The zero-order chi connectivity index (χ0) is 13.8. The van der Waals surface area contributed by atoms with E-state index in [0.717, 1.165) is 7.11 Å². The number of methoxy groups -OCH3 is 1. The van der Waals surface area contributed by atoms with E-state index in [1.807, 2.05) is 4.72 Å². The number of pyridine rings is 1. The number of aliphatic hydroxyl groups is 1. The van der Waals surface area contributed by atoms with Crippen molar-refractivity contribution in [2.24, 2.45) is 0 Å². The molecule has 0 saturated carbocycles. The van der Waals surface area contributed by atoms with Crippen molar-refractivity contribution in [1.29, 1.82) is 0 Å². The van der Waals surface area contributed by atoms with Gasteiger partial charge in [0.15, 0.2) is 0 Å². The Hall–Kier alpha value is -1.22. The van der Waals surface area contributed by atoms with Crippen LogP contribution in [0.15, 0.2) is 23.2 Å². The highest BCUT2D eigenvalue weighted by Crippen LogP contribution is 2.17. The van der Waals surface area contributed by atoms with Gasteiger partial charge in [0, 0.05) is 6.20 Å². The van der Waals surface area contributed by atoms with E-state index < -0.39 is 28.6 Å². The van der Waals surface area contributed by atoms with Gasteiger partial charge >= 0.3 is 5.97 Å². The monoisotopic (exact) mass is 294 g/mol. The number of carbonyl (C=O) groups is 1. The van der Waals surface area contributed by atoms with Crippen molar-refractivity contribution in [2.45, 2.75) is 10.9 Å². The predicted octanol–water partition coefficient (Wildman–Crippen LogP) is -0.453. The van der Waals surface area contributed by atoms with Crippen LogP contribution in [0.25, 0.3) is 0 Å². The number of halogens is 1. The van der Waals surface area contributed by atoms with Gasteiger partial charge in [0.25, 0.3) is 0 Å². The maximum Gasteiger partial charge on any atom is 0.326 e. The van der Waals surface area contributed by atoms with Crippen LogP contribution in [0.1, 0.15) is 0 Å². The Balaban J connectivity index is 3.02. The first kappa shape index (κ1) is 14.8. The summed E-state index contributed by atoms with van der Waals surface area (Å²) >= 11 is 5.64. The number of nitrogens with zero attached hydrogens (tertiary/aromatic N) is 1. The Kier molecular flexibility index (Phi) is 5.03. The smallest absolute Gasteiger partial charge is 0.326 e. The number of sulfonamides is 1. The van der Waals surface area contributed by atoms with E-state index >= 15 is 0 Å². The number of carbonyl (C=O) groups excluding carboxylic acids is 1. The van der Waals surface area contributed by atoms with E-state index in [-0.39, 0.29) is 10.0 Å². The first-order valence-corrected chi connectivity index (χ1v) is 6.60. The predicted molar refractivity (Wildman–Crippen MR) is 62.5 cm³/mol. The highest BCUT2D eigenvalue weighted by molar-refractivity contribution is 7.89. The van der Waals surface area contributed by atoms with Crippen molar-refractivity contribution >= 4 is 27.6 Å². The fraction of sp³-hybridized carbons (Fsp3) is 0.333. The average molecular weight is 295 g/mol. The Morgan fingerprint density at radius 3 is 2.83 bits per heavy atom. The molecule has 18 heavy (non-hydrogen) atoms. The second-order valence-electron chi connectivity index (χ2n) is 3.17. The Labute approximate surface area is 109 Å². The topological polar surface area (TPSA) is 106 Å². The summed E-state index contributed by atoms with van der Waals surface area (Å²) in [7, 11) is -2.98. The zero-order valence-electron chi connectivity index (χ0n) is 9.33. The summed E-state index contributed by atoms with van der Waals surface area (Å²) in [5.74, 6) is -0.902. The quantitative estimate of drug-likeness (QED) is 0.563. The number of ether oxygens (including phenoxy) is 1. The first-order valence-electron chi connectivity index (χ1n) is 4.74. The maximum absolute atomic E-state index is 11.9. The van der Waals surface area contributed by atoms with Crippen LogP contribution in [-0.2, 0) is 19.6 Å². The van der Waals surface area contributed by atoms with E-state index in [9.17, 15) is 13.2 Å². The van der Waals surface area contributed by atoms with E-state index in [4.69, 9.17) is 16.7 Å². The molecule has 9 heteroatoms. The van der Waals surface area contributed by atoms with Crippen molar-refractivity contribution in [1.82, 2.24) is 9.71 Å². The lowest BCUT2D eigenvalue weighted by atomic mass is 10.3. The molecule has 0 amide bonds. The van der Waals surface area contributed by atoms with Gasteiger partial charge in [-0.05, 0) is 12.1 Å². The largest absolute Gasteiger partial charge is 0.468 e. The Morgan fingerprint density at radius 1 is 1.67 bits per heavy atom. The van der Waals surface area contributed by atoms with Crippen molar-refractivity contribution in [2.75, 3.05) is 13.7 Å². The third-order valence-corrected chi connectivity index (χ3v) is 3.90. The molecule has 0 aliphatic heterocycles. The van der Waals surface area contributed by atoms with Gasteiger partial charge in [-0.1, -0.05) is 11.6 Å². The van der Waals surface area contributed by atoms with Gasteiger partial charge < -0.3 is 9.84 Å². The van der Waals surface area contributed by atoms with Crippen molar-refractivity contribution < 1.29 is 23.1 Å². The second kappa shape index (κ2) is 6.10. The van der Waals surface area contributed by atoms with E-state index in [1.54, 1.807) is 0 Å². The van der Waals surface area contributed by atoms with Crippen LogP contribution in [0.4, 0.5) is 0 Å². The molecular formula is C9H11ClN2O5S. The fourth-order valence-corrected chi connectivity index (χ4v) is 2.75. The molecule has 1 aromatic heterocycles. The van der Waals surface area contributed by atoms with Gasteiger partial charge in [-0.3, -0.25) is 4.79 Å². The molecular weight excluding hydrogens is 284 g/mol. The molecule has 0 aromatic carbocycles. The summed E-state index contributed by atoms with van der Waals surface area (Å²) in [6.45, 7) is -0.732. The van der Waals surface area contributed by atoms with Crippen molar-refractivity contribution in [3.05, 3.63) is 23.5 Å². The van der Waals surface area contributed by atoms with Crippen LogP contribution in [0, 0.1) is 0 Å². The van der Waals surface area contributed by atoms with Crippen LogP contribution in [0.3, 0.4) is 0 Å².